The molecule has 23 heavy (non-hydrogen) atoms. The summed E-state index contributed by atoms with van der Waals surface area (Å²) in [6, 6.07) is 12.3. The molecule has 0 bridgehead atoms. The third kappa shape index (κ3) is 4.59. The van der Waals surface area contributed by atoms with E-state index in [-0.39, 0.29) is 5.91 Å². The highest BCUT2D eigenvalue weighted by Gasteiger charge is 2.08. The van der Waals surface area contributed by atoms with Gasteiger partial charge in [-0.2, -0.15) is 0 Å². The van der Waals surface area contributed by atoms with Gasteiger partial charge < -0.3 is 10.1 Å². The number of ether oxygens (including phenoxy) is 1. The molecule has 2 rings (SSSR count). The number of nitrogens with one attached hydrogen (secondary N) is 1. The summed E-state index contributed by atoms with van der Waals surface area (Å²) in [7, 11) is 0. The molecule has 122 valence electrons. The van der Waals surface area contributed by atoms with Gasteiger partial charge in [0.15, 0.2) is 0 Å². The highest BCUT2D eigenvalue weighted by molar-refractivity contribution is 5.91. The van der Waals surface area contributed by atoms with Crippen molar-refractivity contribution < 1.29 is 9.53 Å². The Morgan fingerprint density at radius 2 is 1.87 bits per heavy atom. The van der Waals surface area contributed by atoms with Crippen LogP contribution in [0.5, 0.6) is 5.75 Å². The van der Waals surface area contributed by atoms with E-state index < -0.39 is 0 Å². The van der Waals surface area contributed by atoms with Gasteiger partial charge in [-0.25, -0.2) is 0 Å². The molecule has 0 heterocycles. The molecule has 0 unspecified atom stereocenters. The topological polar surface area (TPSA) is 38.3 Å². The van der Waals surface area contributed by atoms with E-state index in [4.69, 9.17) is 4.74 Å². The van der Waals surface area contributed by atoms with Crippen molar-refractivity contribution in [3.63, 3.8) is 0 Å². The fraction of sp³-hybridized carbons (Fsp3) is 0.350. The summed E-state index contributed by atoms with van der Waals surface area (Å²) in [5, 5.41) is 2.94. The van der Waals surface area contributed by atoms with Gasteiger partial charge in [-0.3, -0.25) is 4.79 Å². The van der Waals surface area contributed by atoms with Crippen molar-refractivity contribution in [2.75, 3.05) is 5.32 Å². The van der Waals surface area contributed by atoms with Crippen LogP contribution in [-0.4, -0.2) is 5.91 Å². The lowest BCUT2D eigenvalue weighted by Crippen LogP contribution is -2.12. The predicted octanol–water partition coefficient (Wildman–Crippen LogP) is 4.79. The van der Waals surface area contributed by atoms with Gasteiger partial charge in [-0.15, -0.1) is 0 Å². The Morgan fingerprint density at radius 3 is 2.52 bits per heavy atom. The Bertz CT molecular complexity index is 692. The number of amides is 1. The summed E-state index contributed by atoms with van der Waals surface area (Å²) >= 11 is 0. The van der Waals surface area contributed by atoms with Crippen LogP contribution in [0.3, 0.4) is 0 Å². The molecule has 1 amide bonds. The van der Waals surface area contributed by atoms with Crippen molar-refractivity contribution in [3.8, 4) is 5.75 Å². The molecule has 0 aromatic heterocycles. The van der Waals surface area contributed by atoms with Crippen LogP contribution in [-0.2, 0) is 17.8 Å². The molecule has 0 aliphatic rings. The van der Waals surface area contributed by atoms with E-state index in [9.17, 15) is 4.79 Å². The van der Waals surface area contributed by atoms with Crippen molar-refractivity contribution in [1.29, 1.82) is 0 Å². The van der Waals surface area contributed by atoms with Gasteiger partial charge >= 0.3 is 0 Å². The number of aryl methyl sites for hydroxylation is 3. The molecule has 0 fully saturated rings. The summed E-state index contributed by atoms with van der Waals surface area (Å²) in [6.45, 7) is 8.52. The van der Waals surface area contributed by atoms with Crippen molar-refractivity contribution in [2.24, 2.45) is 0 Å². The van der Waals surface area contributed by atoms with Gasteiger partial charge in [0.1, 0.15) is 12.4 Å². The largest absolute Gasteiger partial charge is 0.489 e. The number of rotatable bonds is 6. The van der Waals surface area contributed by atoms with Crippen LogP contribution in [0.4, 0.5) is 5.69 Å². The third-order valence-corrected chi connectivity index (χ3v) is 3.89. The lowest BCUT2D eigenvalue weighted by atomic mass is 10.1. The molecule has 2 aromatic carbocycles. The Kier molecular flexibility index (Phi) is 5.80. The molecule has 0 aliphatic carbocycles. The van der Waals surface area contributed by atoms with Gasteiger partial charge in [0.05, 0.1) is 0 Å². The normalized spacial score (nSPS) is 10.4. The molecule has 1 N–H and O–H groups in total. The van der Waals surface area contributed by atoms with E-state index in [0.717, 1.165) is 34.5 Å². The average molecular weight is 311 g/mol. The molecule has 2 aromatic rings. The molecule has 3 nitrogen and oxygen atoms in total. The van der Waals surface area contributed by atoms with E-state index in [1.54, 1.807) is 0 Å². The summed E-state index contributed by atoms with van der Waals surface area (Å²) in [5.74, 6) is 0.898. The van der Waals surface area contributed by atoms with Crippen LogP contribution < -0.4 is 10.1 Å². The Balaban J connectivity index is 2.16. The number of anilines is 1. The zero-order valence-electron chi connectivity index (χ0n) is 14.4. The van der Waals surface area contributed by atoms with Crippen molar-refractivity contribution in [3.05, 3.63) is 58.7 Å². The van der Waals surface area contributed by atoms with Gasteiger partial charge in [-0.05, 0) is 43.5 Å². The number of carbonyl (C=O) groups is 1. The first kappa shape index (κ1) is 17.1. The molecule has 3 heteroatoms. The van der Waals surface area contributed by atoms with E-state index >= 15 is 0 Å². The molecular formula is C20H25NO2. The summed E-state index contributed by atoms with van der Waals surface area (Å²) in [6.07, 6.45) is 1.48. The first-order valence-corrected chi connectivity index (χ1v) is 8.15. The minimum atomic E-state index is 0.0126. The zero-order valence-corrected chi connectivity index (χ0v) is 14.4. The molecule has 0 aliphatic heterocycles. The van der Waals surface area contributed by atoms with E-state index in [0.29, 0.717) is 13.0 Å². The van der Waals surface area contributed by atoms with Crippen LogP contribution >= 0.6 is 0 Å². The minimum absolute atomic E-state index is 0.0126. The van der Waals surface area contributed by atoms with E-state index in [2.05, 4.69) is 37.4 Å². The molecular weight excluding hydrogens is 286 g/mol. The van der Waals surface area contributed by atoms with Gasteiger partial charge in [0.25, 0.3) is 0 Å². The Hall–Kier alpha value is -2.29. The monoisotopic (exact) mass is 311 g/mol. The number of hydrogen-bond donors (Lipinski definition) is 1. The van der Waals surface area contributed by atoms with Crippen LogP contribution in [0.25, 0.3) is 0 Å². The van der Waals surface area contributed by atoms with Crippen LogP contribution in [0.2, 0.25) is 0 Å². The standard InChI is InChI=1S/C20H25NO2/c1-5-16-8-10-19(15(4)12-16)23-13-17-11-14(3)7-9-18(17)21-20(22)6-2/h7-12H,5-6,13H2,1-4H3,(H,21,22). The zero-order chi connectivity index (χ0) is 16.8. The van der Waals surface area contributed by atoms with Gasteiger partial charge in [0.2, 0.25) is 5.91 Å². The minimum Gasteiger partial charge on any atom is -0.489 e. The number of carbonyl (C=O) groups excluding carboxylic acids is 1. The maximum absolute atomic E-state index is 11.7. The second-order valence-electron chi connectivity index (χ2n) is 5.80. The first-order valence-electron chi connectivity index (χ1n) is 8.15. The van der Waals surface area contributed by atoms with Crippen molar-refractivity contribution in [1.82, 2.24) is 0 Å². The SMILES string of the molecule is CCC(=O)Nc1ccc(C)cc1COc1ccc(CC)cc1C. The molecule has 0 spiro atoms. The lowest BCUT2D eigenvalue weighted by Gasteiger charge is -2.14. The molecule has 0 radical (unpaired) electrons. The fourth-order valence-electron chi connectivity index (χ4n) is 2.45. The molecule has 0 saturated heterocycles. The van der Waals surface area contributed by atoms with Crippen molar-refractivity contribution in [2.45, 2.75) is 47.1 Å². The first-order chi connectivity index (χ1) is 11.0. The number of hydrogen-bond acceptors (Lipinski definition) is 2. The fourth-order valence-corrected chi connectivity index (χ4v) is 2.45. The van der Waals surface area contributed by atoms with Crippen LogP contribution in [0.15, 0.2) is 36.4 Å². The Morgan fingerprint density at radius 1 is 1.09 bits per heavy atom. The van der Waals surface area contributed by atoms with Gasteiger partial charge in [-0.1, -0.05) is 43.7 Å². The maximum atomic E-state index is 11.7. The highest BCUT2D eigenvalue weighted by atomic mass is 16.5. The van der Waals surface area contributed by atoms with Crippen molar-refractivity contribution >= 4 is 11.6 Å². The summed E-state index contributed by atoms with van der Waals surface area (Å²) < 4.78 is 5.98. The second-order valence-corrected chi connectivity index (χ2v) is 5.80. The molecule has 0 atom stereocenters. The summed E-state index contributed by atoms with van der Waals surface area (Å²) in [4.78, 5) is 11.7. The summed E-state index contributed by atoms with van der Waals surface area (Å²) in [5.41, 5.74) is 5.41. The molecule has 0 saturated carbocycles. The lowest BCUT2D eigenvalue weighted by molar-refractivity contribution is -0.115. The quantitative estimate of drug-likeness (QED) is 0.832. The van der Waals surface area contributed by atoms with E-state index in [1.165, 1.54) is 5.56 Å². The number of benzene rings is 2. The smallest absolute Gasteiger partial charge is 0.224 e. The third-order valence-electron chi connectivity index (χ3n) is 3.89. The Labute approximate surface area is 138 Å². The van der Waals surface area contributed by atoms with E-state index in [1.807, 2.05) is 32.0 Å². The van der Waals surface area contributed by atoms with Crippen LogP contribution in [0, 0.1) is 13.8 Å². The van der Waals surface area contributed by atoms with Gasteiger partial charge in [0, 0.05) is 17.7 Å². The predicted molar refractivity (Wildman–Crippen MR) is 95.0 cm³/mol. The highest BCUT2D eigenvalue weighted by Crippen LogP contribution is 2.24. The maximum Gasteiger partial charge on any atom is 0.224 e. The van der Waals surface area contributed by atoms with Crippen LogP contribution in [0.1, 0.15) is 42.5 Å². The average Bonchev–Trinajstić information content (AvgIpc) is 2.55. The second kappa shape index (κ2) is 7.82.